The Labute approximate surface area is 201 Å². The zero-order chi connectivity index (χ0) is 24.1. The molecule has 3 aromatic carbocycles. The monoisotopic (exact) mass is 477 g/mol. The van der Waals surface area contributed by atoms with Crippen LogP contribution in [0.3, 0.4) is 0 Å². The minimum atomic E-state index is -0.516. The zero-order valence-corrected chi connectivity index (χ0v) is 19.8. The van der Waals surface area contributed by atoms with Crippen molar-refractivity contribution in [3.8, 4) is 34.0 Å². The number of methoxy groups -OCH3 is 2. The summed E-state index contributed by atoms with van der Waals surface area (Å²) < 4.78 is 24.5. The number of nitrogens with zero attached hydrogens (tertiary/aromatic N) is 1. The van der Waals surface area contributed by atoms with Crippen LogP contribution >= 0.6 is 11.8 Å². The van der Waals surface area contributed by atoms with Crippen molar-refractivity contribution in [3.63, 3.8) is 0 Å². The standard InChI is InChI=1S/C26H24FN3O3S/c1-16(25(31)28-22-7-5-4-6-21(22)27)34-26-29-23(17-8-12-19(32-2)13-9-17)24(30-26)18-10-14-20(33-3)15-11-18/h4-16H,1-3H3,(H,28,31)(H,29,30). The van der Waals surface area contributed by atoms with Crippen LogP contribution in [0.4, 0.5) is 10.1 Å². The van der Waals surface area contributed by atoms with Crippen LogP contribution < -0.4 is 14.8 Å². The Balaban J connectivity index is 1.62. The predicted molar refractivity (Wildman–Crippen MR) is 133 cm³/mol. The number of hydrogen-bond donors (Lipinski definition) is 2. The molecule has 1 amide bonds. The molecule has 174 valence electrons. The summed E-state index contributed by atoms with van der Waals surface area (Å²) in [4.78, 5) is 20.8. The maximum atomic E-state index is 13.9. The van der Waals surface area contributed by atoms with E-state index in [9.17, 15) is 9.18 Å². The molecule has 0 saturated carbocycles. The van der Waals surface area contributed by atoms with Gasteiger partial charge in [-0.05, 0) is 67.6 Å². The Morgan fingerprint density at radius 3 is 2.12 bits per heavy atom. The number of benzene rings is 3. The average molecular weight is 478 g/mol. The van der Waals surface area contributed by atoms with Crippen molar-refractivity contribution in [2.45, 2.75) is 17.3 Å². The number of imidazole rings is 1. The topological polar surface area (TPSA) is 76.2 Å². The number of carbonyl (C=O) groups excluding carboxylic acids is 1. The van der Waals surface area contributed by atoms with Crippen molar-refractivity contribution < 1.29 is 18.7 Å². The number of aromatic amines is 1. The van der Waals surface area contributed by atoms with Crippen molar-refractivity contribution >= 4 is 23.4 Å². The van der Waals surface area contributed by atoms with E-state index >= 15 is 0 Å². The van der Waals surface area contributed by atoms with Gasteiger partial charge in [-0.3, -0.25) is 4.79 Å². The maximum absolute atomic E-state index is 13.9. The number of thioether (sulfide) groups is 1. The quantitative estimate of drug-likeness (QED) is 0.304. The molecule has 34 heavy (non-hydrogen) atoms. The molecule has 4 aromatic rings. The van der Waals surface area contributed by atoms with Crippen molar-refractivity contribution in [3.05, 3.63) is 78.6 Å². The summed E-state index contributed by atoms with van der Waals surface area (Å²) in [6.07, 6.45) is 0. The number of hydrogen-bond acceptors (Lipinski definition) is 5. The number of halogens is 1. The minimum Gasteiger partial charge on any atom is -0.497 e. The second kappa shape index (κ2) is 10.4. The van der Waals surface area contributed by atoms with Gasteiger partial charge >= 0.3 is 0 Å². The highest BCUT2D eigenvalue weighted by Gasteiger charge is 2.21. The van der Waals surface area contributed by atoms with Crippen LogP contribution in [0.1, 0.15) is 6.92 Å². The van der Waals surface area contributed by atoms with Gasteiger partial charge in [-0.2, -0.15) is 0 Å². The Hall–Kier alpha value is -3.78. The lowest BCUT2D eigenvalue weighted by molar-refractivity contribution is -0.115. The Kier molecular flexibility index (Phi) is 7.18. The fourth-order valence-electron chi connectivity index (χ4n) is 3.35. The zero-order valence-electron chi connectivity index (χ0n) is 19.0. The van der Waals surface area contributed by atoms with Gasteiger partial charge in [0.05, 0.1) is 36.5 Å². The number of aromatic nitrogens is 2. The number of amides is 1. The molecule has 0 aliphatic carbocycles. The summed E-state index contributed by atoms with van der Waals surface area (Å²) in [5.74, 6) is 0.707. The molecule has 1 unspecified atom stereocenters. The highest BCUT2D eigenvalue weighted by molar-refractivity contribution is 8.00. The van der Waals surface area contributed by atoms with Gasteiger partial charge in [0.15, 0.2) is 5.16 Å². The maximum Gasteiger partial charge on any atom is 0.237 e. The minimum absolute atomic E-state index is 0.150. The molecule has 1 aromatic heterocycles. The van der Waals surface area contributed by atoms with Gasteiger partial charge in [-0.15, -0.1) is 0 Å². The fourth-order valence-corrected chi connectivity index (χ4v) is 4.16. The van der Waals surface area contributed by atoms with Gasteiger partial charge in [-0.25, -0.2) is 9.37 Å². The fraction of sp³-hybridized carbons (Fsp3) is 0.154. The first kappa shape index (κ1) is 23.4. The van der Waals surface area contributed by atoms with Crippen LogP contribution in [-0.2, 0) is 4.79 Å². The number of nitrogens with one attached hydrogen (secondary N) is 2. The second-order valence-corrected chi connectivity index (χ2v) is 8.78. The SMILES string of the molecule is COc1ccc(-c2nc(SC(C)C(=O)Nc3ccccc3F)[nH]c2-c2ccc(OC)cc2)cc1. The van der Waals surface area contributed by atoms with Gasteiger partial charge in [0.1, 0.15) is 17.3 Å². The van der Waals surface area contributed by atoms with Crippen molar-refractivity contribution in [1.29, 1.82) is 0 Å². The third-order valence-electron chi connectivity index (χ3n) is 5.21. The number of carbonyl (C=O) groups is 1. The van der Waals surface area contributed by atoms with E-state index in [1.165, 1.54) is 23.9 Å². The van der Waals surface area contributed by atoms with E-state index in [0.717, 1.165) is 34.0 Å². The smallest absolute Gasteiger partial charge is 0.237 e. The molecule has 1 heterocycles. The number of para-hydroxylation sites is 1. The number of anilines is 1. The molecule has 0 fully saturated rings. The molecule has 0 saturated heterocycles. The van der Waals surface area contributed by atoms with Crippen LogP contribution in [-0.4, -0.2) is 35.3 Å². The molecule has 8 heteroatoms. The predicted octanol–water partition coefficient (Wildman–Crippen LogP) is 6.02. The Morgan fingerprint density at radius 2 is 1.53 bits per heavy atom. The van der Waals surface area contributed by atoms with Crippen LogP contribution in [0.2, 0.25) is 0 Å². The van der Waals surface area contributed by atoms with E-state index in [4.69, 9.17) is 14.5 Å². The molecular formula is C26H24FN3O3S. The van der Waals surface area contributed by atoms with Crippen molar-refractivity contribution in [2.75, 3.05) is 19.5 Å². The lowest BCUT2D eigenvalue weighted by Gasteiger charge is -2.11. The third kappa shape index (κ3) is 5.23. The first-order chi connectivity index (χ1) is 16.5. The second-order valence-electron chi connectivity index (χ2n) is 7.45. The van der Waals surface area contributed by atoms with Gasteiger partial charge in [0, 0.05) is 11.1 Å². The molecule has 0 radical (unpaired) electrons. The highest BCUT2D eigenvalue weighted by atomic mass is 32.2. The van der Waals surface area contributed by atoms with Crippen molar-refractivity contribution in [2.24, 2.45) is 0 Å². The molecule has 0 spiro atoms. The average Bonchev–Trinajstić information content (AvgIpc) is 3.29. The van der Waals surface area contributed by atoms with E-state index in [1.807, 2.05) is 48.5 Å². The van der Waals surface area contributed by atoms with Gasteiger partial charge < -0.3 is 19.8 Å². The summed E-state index contributed by atoms with van der Waals surface area (Å²) in [5, 5.41) is 2.70. The van der Waals surface area contributed by atoms with Crippen LogP contribution in [0.15, 0.2) is 78.0 Å². The summed E-state index contributed by atoms with van der Waals surface area (Å²) >= 11 is 1.27. The van der Waals surface area contributed by atoms with Crippen molar-refractivity contribution in [1.82, 2.24) is 9.97 Å². The molecule has 2 N–H and O–H groups in total. The van der Waals surface area contributed by atoms with Crippen LogP contribution in [0, 0.1) is 5.82 Å². The van der Waals surface area contributed by atoms with E-state index < -0.39 is 11.1 Å². The summed E-state index contributed by atoms with van der Waals surface area (Å²) in [7, 11) is 3.24. The summed E-state index contributed by atoms with van der Waals surface area (Å²) in [6.45, 7) is 1.75. The summed E-state index contributed by atoms with van der Waals surface area (Å²) in [5.41, 5.74) is 3.54. The van der Waals surface area contributed by atoms with E-state index in [1.54, 1.807) is 33.3 Å². The Morgan fingerprint density at radius 1 is 0.941 bits per heavy atom. The molecular weight excluding hydrogens is 453 g/mol. The third-order valence-corrected chi connectivity index (χ3v) is 6.20. The van der Waals surface area contributed by atoms with E-state index in [0.29, 0.717) is 5.16 Å². The molecule has 0 bridgehead atoms. The first-order valence-electron chi connectivity index (χ1n) is 10.6. The largest absolute Gasteiger partial charge is 0.497 e. The number of ether oxygens (including phenoxy) is 2. The lowest BCUT2D eigenvalue weighted by Crippen LogP contribution is -2.23. The molecule has 6 nitrogen and oxygen atoms in total. The number of H-pyrrole nitrogens is 1. The first-order valence-corrected chi connectivity index (χ1v) is 11.5. The van der Waals surface area contributed by atoms with Gasteiger partial charge in [0.25, 0.3) is 0 Å². The van der Waals surface area contributed by atoms with Crippen LogP contribution in [0.5, 0.6) is 11.5 Å². The van der Waals surface area contributed by atoms with Gasteiger partial charge in [0.2, 0.25) is 5.91 Å². The lowest BCUT2D eigenvalue weighted by atomic mass is 10.0. The highest BCUT2D eigenvalue weighted by Crippen LogP contribution is 2.35. The van der Waals surface area contributed by atoms with E-state index in [-0.39, 0.29) is 11.6 Å². The molecule has 0 aliphatic rings. The summed E-state index contributed by atoms with van der Waals surface area (Å²) in [6, 6.07) is 21.4. The number of rotatable bonds is 8. The Bertz CT molecular complexity index is 1210. The molecule has 0 aliphatic heterocycles. The molecule has 4 rings (SSSR count). The van der Waals surface area contributed by atoms with Crippen LogP contribution in [0.25, 0.3) is 22.5 Å². The van der Waals surface area contributed by atoms with E-state index in [2.05, 4.69) is 10.3 Å². The van der Waals surface area contributed by atoms with Gasteiger partial charge in [-0.1, -0.05) is 23.9 Å². The normalized spacial score (nSPS) is 11.6. The molecule has 1 atom stereocenters.